The summed E-state index contributed by atoms with van der Waals surface area (Å²) in [5, 5.41) is 11.1. The highest BCUT2D eigenvalue weighted by Crippen LogP contribution is 2.46. The van der Waals surface area contributed by atoms with Gasteiger partial charge in [0.25, 0.3) is 11.6 Å². The summed E-state index contributed by atoms with van der Waals surface area (Å²) in [4.78, 5) is 28.0. The number of hydrogen-bond acceptors (Lipinski definition) is 4. The molecule has 2 aliphatic rings. The number of anilines is 1. The Labute approximate surface area is 162 Å². The maximum Gasteiger partial charge on any atom is 0.270 e. The van der Waals surface area contributed by atoms with Crippen molar-refractivity contribution >= 4 is 28.9 Å². The number of likely N-dealkylation sites (tertiary alicyclic amines) is 1. The molecule has 6 nitrogen and oxygen atoms in total. The van der Waals surface area contributed by atoms with Gasteiger partial charge >= 0.3 is 0 Å². The van der Waals surface area contributed by atoms with Crippen LogP contribution in [-0.4, -0.2) is 41.9 Å². The van der Waals surface area contributed by atoms with Crippen LogP contribution in [-0.2, 0) is 0 Å². The van der Waals surface area contributed by atoms with E-state index in [2.05, 4.69) is 24.9 Å². The maximum absolute atomic E-state index is 13.4. The van der Waals surface area contributed by atoms with E-state index in [9.17, 15) is 14.9 Å². The fourth-order valence-corrected chi connectivity index (χ4v) is 4.52. The minimum absolute atomic E-state index is 0.0803. The zero-order valence-corrected chi connectivity index (χ0v) is 15.9. The van der Waals surface area contributed by atoms with Gasteiger partial charge in [0, 0.05) is 36.3 Å². The Bertz CT molecular complexity index is 946. The first-order chi connectivity index (χ1) is 12.9. The molecule has 0 radical (unpaired) electrons. The summed E-state index contributed by atoms with van der Waals surface area (Å²) in [5.41, 5.74) is 3.46. The number of nitro groups is 1. The Hall–Kier alpha value is -2.44. The molecule has 2 aromatic carbocycles. The number of carbonyl (C=O) groups is 1. The van der Waals surface area contributed by atoms with E-state index in [4.69, 9.17) is 11.6 Å². The summed E-state index contributed by atoms with van der Waals surface area (Å²) < 4.78 is 0. The van der Waals surface area contributed by atoms with Gasteiger partial charge in [-0.1, -0.05) is 29.3 Å². The predicted molar refractivity (Wildman–Crippen MR) is 105 cm³/mol. The SMILES string of the molecule is Cc1ccc2c(c1)C1CN(C)CCC1N2C(=O)c1ccc([N+](=O)[O-])cc1Cl. The number of amides is 1. The van der Waals surface area contributed by atoms with Crippen LogP contribution in [0.5, 0.6) is 0 Å². The molecule has 2 aliphatic heterocycles. The number of hydrogen-bond donors (Lipinski definition) is 0. The normalized spacial score (nSPS) is 21.7. The van der Waals surface area contributed by atoms with Crippen LogP contribution in [0.1, 0.15) is 33.8 Å². The lowest BCUT2D eigenvalue weighted by atomic mass is 9.88. The molecule has 4 rings (SSSR count). The Morgan fingerprint density at radius 3 is 2.74 bits per heavy atom. The lowest BCUT2D eigenvalue weighted by Crippen LogP contribution is -2.47. The zero-order valence-electron chi connectivity index (χ0n) is 15.2. The van der Waals surface area contributed by atoms with Gasteiger partial charge in [0.15, 0.2) is 0 Å². The molecule has 2 aromatic rings. The number of rotatable bonds is 2. The molecule has 7 heteroatoms. The van der Waals surface area contributed by atoms with Crippen LogP contribution >= 0.6 is 11.6 Å². The van der Waals surface area contributed by atoms with Gasteiger partial charge in [-0.2, -0.15) is 0 Å². The van der Waals surface area contributed by atoms with Crippen molar-refractivity contribution in [2.24, 2.45) is 0 Å². The van der Waals surface area contributed by atoms with Crippen molar-refractivity contribution in [3.05, 3.63) is 68.2 Å². The molecule has 0 aromatic heterocycles. The molecule has 140 valence electrons. The van der Waals surface area contributed by atoms with E-state index in [0.717, 1.165) is 25.2 Å². The predicted octanol–water partition coefficient (Wildman–Crippen LogP) is 4.00. The fraction of sp³-hybridized carbons (Fsp3) is 0.350. The molecule has 0 bridgehead atoms. The molecule has 2 unspecified atom stereocenters. The third-order valence-electron chi connectivity index (χ3n) is 5.57. The van der Waals surface area contributed by atoms with Gasteiger partial charge in [-0.15, -0.1) is 0 Å². The van der Waals surface area contributed by atoms with Crippen molar-refractivity contribution in [3.63, 3.8) is 0 Å². The Morgan fingerprint density at radius 2 is 2.04 bits per heavy atom. The number of nitrogens with zero attached hydrogens (tertiary/aromatic N) is 3. The van der Waals surface area contributed by atoms with Gasteiger partial charge in [0.2, 0.25) is 0 Å². The average Bonchev–Trinajstić information content (AvgIpc) is 2.94. The number of likely N-dealkylation sites (N-methyl/N-ethyl adjacent to an activating group) is 1. The third kappa shape index (κ3) is 2.99. The topological polar surface area (TPSA) is 66.7 Å². The number of piperidine rings is 1. The Balaban J connectivity index is 1.77. The van der Waals surface area contributed by atoms with E-state index in [1.54, 1.807) is 0 Å². The zero-order chi connectivity index (χ0) is 19.3. The summed E-state index contributed by atoms with van der Waals surface area (Å²) in [7, 11) is 2.10. The van der Waals surface area contributed by atoms with E-state index in [0.29, 0.717) is 5.56 Å². The van der Waals surface area contributed by atoms with Gasteiger partial charge in [0.1, 0.15) is 0 Å². The largest absolute Gasteiger partial charge is 0.306 e. The Morgan fingerprint density at radius 1 is 1.26 bits per heavy atom. The average molecular weight is 386 g/mol. The van der Waals surface area contributed by atoms with Crippen LogP contribution in [0.2, 0.25) is 5.02 Å². The highest BCUT2D eigenvalue weighted by molar-refractivity contribution is 6.34. The summed E-state index contributed by atoms with van der Waals surface area (Å²) >= 11 is 6.24. The molecular weight excluding hydrogens is 366 g/mol. The van der Waals surface area contributed by atoms with Crippen molar-refractivity contribution in [1.82, 2.24) is 4.90 Å². The van der Waals surface area contributed by atoms with Gasteiger partial charge in [-0.3, -0.25) is 14.9 Å². The van der Waals surface area contributed by atoms with E-state index in [1.165, 1.54) is 29.3 Å². The molecule has 0 N–H and O–H groups in total. The second-order valence-corrected chi connectivity index (χ2v) is 7.79. The fourth-order valence-electron chi connectivity index (χ4n) is 4.27. The van der Waals surface area contributed by atoms with Crippen LogP contribution in [0.25, 0.3) is 0 Å². The molecular formula is C20H20ClN3O3. The number of benzene rings is 2. The molecule has 1 fully saturated rings. The Kier molecular flexibility index (Phi) is 4.40. The van der Waals surface area contributed by atoms with E-state index >= 15 is 0 Å². The van der Waals surface area contributed by atoms with Crippen LogP contribution in [0, 0.1) is 17.0 Å². The minimum atomic E-state index is -0.513. The van der Waals surface area contributed by atoms with Gasteiger partial charge in [-0.05, 0) is 44.6 Å². The van der Waals surface area contributed by atoms with E-state index in [1.807, 2.05) is 17.0 Å². The van der Waals surface area contributed by atoms with Gasteiger partial charge < -0.3 is 9.80 Å². The number of non-ortho nitro benzene ring substituents is 1. The number of fused-ring (bicyclic) bond motifs is 3. The van der Waals surface area contributed by atoms with Crippen molar-refractivity contribution < 1.29 is 9.72 Å². The quantitative estimate of drug-likeness (QED) is 0.578. The highest BCUT2D eigenvalue weighted by atomic mass is 35.5. The summed E-state index contributed by atoms with van der Waals surface area (Å²) in [5.74, 6) is 0.0662. The van der Waals surface area contributed by atoms with Crippen LogP contribution in [0.4, 0.5) is 11.4 Å². The molecule has 0 aliphatic carbocycles. The van der Waals surface area contributed by atoms with Crippen LogP contribution in [0.3, 0.4) is 0 Å². The van der Waals surface area contributed by atoms with Crippen LogP contribution < -0.4 is 4.90 Å². The summed E-state index contributed by atoms with van der Waals surface area (Å²) in [6.45, 7) is 3.88. The van der Waals surface area contributed by atoms with E-state index < -0.39 is 4.92 Å². The highest BCUT2D eigenvalue weighted by Gasteiger charge is 2.44. The van der Waals surface area contributed by atoms with Gasteiger partial charge in [0.05, 0.1) is 15.5 Å². The maximum atomic E-state index is 13.4. The minimum Gasteiger partial charge on any atom is -0.306 e. The van der Waals surface area contributed by atoms with E-state index in [-0.39, 0.29) is 28.6 Å². The molecule has 0 spiro atoms. The number of aryl methyl sites for hydroxylation is 1. The van der Waals surface area contributed by atoms with Crippen molar-refractivity contribution in [3.8, 4) is 0 Å². The monoisotopic (exact) mass is 385 g/mol. The lowest BCUT2D eigenvalue weighted by Gasteiger charge is -2.36. The second kappa shape index (κ2) is 6.62. The van der Waals surface area contributed by atoms with Gasteiger partial charge in [-0.25, -0.2) is 0 Å². The third-order valence-corrected chi connectivity index (χ3v) is 5.88. The second-order valence-electron chi connectivity index (χ2n) is 7.38. The standard InChI is InChI=1S/C20H20ClN3O3/c1-12-3-6-18-15(9-12)16-11-22(2)8-7-19(16)23(18)20(25)14-5-4-13(24(26)27)10-17(14)21/h3-6,9-10,16,19H,7-8,11H2,1-2H3. The first-order valence-electron chi connectivity index (χ1n) is 8.93. The van der Waals surface area contributed by atoms with Crippen molar-refractivity contribution in [2.45, 2.75) is 25.3 Å². The summed E-state index contributed by atoms with van der Waals surface area (Å²) in [6, 6.07) is 10.3. The summed E-state index contributed by atoms with van der Waals surface area (Å²) in [6.07, 6.45) is 0.880. The molecule has 2 atom stereocenters. The molecule has 2 heterocycles. The van der Waals surface area contributed by atoms with Crippen molar-refractivity contribution in [2.75, 3.05) is 25.0 Å². The first kappa shape index (κ1) is 17.9. The molecule has 1 saturated heterocycles. The first-order valence-corrected chi connectivity index (χ1v) is 9.31. The number of nitro benzene ring substituents is 1. The molecule has 27 heavy (non-hydrogen) atoms. The van der Waals surface area contributed by atoms with Crippen molar-refractivity contribution in [1.29, 1.82) is 0 Å². The van der Waals surface area contributed by atoms with Crippen LogP contribution in [0.15, 0.2) is 36.4 Å². The molecule has 1 amide bonds. The molecule has 0 saturated carbocycles. The number of halogens is 1. The number of carbonyl (C=O) groups excluding carboxylic acids is 1. The smallest absolute Gasteiger partial charge is 0.270 e. The lowest BCUT2D eigenvalue weighted by molar-refractivity contribution is -0.384.